The van der Waals surface area contributed by atoms with Crippen LogP contribution in [0, 0.1) is 16.7 Å². The van der Waals surface area contributed by atoms with Crippen LogP contribution in [0.15, 0.2) is 28.7 Å². The first-order valence-electron chi connectivity index (χ1n) is 5.11. The molecule has 1 atom stereocenters. The zero-order valence-corrected chi connectivity index (χ0v) is 10.00. The standard InChI is InChI=1S/C12H13BrN2/c13-10-5-2-1-4-9(10)11(15)12(8-14)6-3-7-12/h1-2,4-5,11H,3,6-7,15H2. The van der Waals surface area contributed by atoms with Gasteiger partial charge >= 0.3 is 0 Å². The number of nitriles is 1. The molecule has 0 saturated heterocycles. The summed E-state index contributed by atoms with van der Waals surface area (Å²) in [6, 6.07) is 10.1. The monoisotopic (exact) mass is 264 g/mol. The third-order valence-electron chi connectivity index (χ3n) is 3.30. The highest BCUT2D eigenvalue weighted by Gasteiger charge is 2.43. The van der Waals surface area contributed by atoms with E-state index in [0.29, 0.717) is 0 Å². The Morgan fingerprint density at radius 2 is 2.07 bits per heavy atom. The van der Waals surface area contributed by atoms with Crippen LogP contribution in [0.25, 0.3) is 0 Å². The van der Waals surface area contributed by atoms with Crippen LogP contribution in [0.5, 0.6) is 0 Å². The van der Waals surface area contributed by atoms with Gasteiger partial charge in [-0.05, 0) is 24.5 Å². The summed E-state index contributed by atoms with van der Waals surface area (Å²) in [6.45, 7) is 0. The molecule has 0 aromatic heterocycles. The molecule has 1 aliphatic carbocycles. The average molecular weight is 265 g/mol. The highest BCUT2D eigenvalue weighted by atomic mass is 79.9. The van der Waals surface area contributed by atoms with Gasteiger partial charge in [-0.15, -0.1) is 0 Å². The van der Waals surface area contributed by atoms with Crippen molar-refractivity contribution >= 4 is 15.9 Å². The van der Waals surface area contributed by atoms with E-state index in [0.717, 1.165) is 29.3 Å². The van der Waals surface area contributed by atoms with Crippen LogP contribution >= 0.6 is 15.9 Å². The van der Waals surface area contributed by atoms with E-state index in [4.69, 9.17) is 5.73 Å². The Balaban J connectivity index is 2.32. The molecule has 1 fully saturated rings. The van der Waals surface area contributed by atoms with Crippen molar-refractivity contribution in [2.45, 2.75) is 25.3 Å². The van der Waals surface area contributed by atoms with Crippen LogP contribution in [-0.4, -0.2) is 0 Å². The minimum absolute atomic E-state index is 0.174. The first kappa shape index (κ1) is 10.7. The molecule has 1 saturated carbocycles. The van der Waals surface area contributed by atoms with Crippen LogP contribution in [-0.2, 0) is 0 Å². The van der Waals surface area contributed by atoms with Crippen LogP contribution in [0.4, 0.5) is 0 Å². The van der Waals surface area contributed by atoms with E-state index in [1.165, 1.54) is 0 Å². The largest absolute Gasteiger partial charge is 0.323 e. The Bertz CT molecular complexity index is 404. The van der Waals surface area contributed by atoms with Crippen molar-refractivity contribution in [3.63, 3.8) is 0 Å². The zero-order valence-electron chi connectivity index (χ0n) is 8.41. The van der Waals surface area contributed by atoms with Crippen molar-refractivity contribution in [3.8, 4) is 6.07 Å². The molecule has 1 unspecified atom stereocenters. The smallest absolute Gasteiger partial charge is 0.0766 e. The number of nitrogens with zero attached hydrogens (tertiary/aromatic N) is 1. The molecule has 1 aliphatic rings. The lowest BCUT2D eigenvalue weighted by molar-refractivity contribution is 0.168. The van der Waals surface area contributed by atoms with Crippen LogP contribution in [0.2, 0.25) is 0 Å². The van der Waals surface area contributed by atoms with Crippen molar-refractivity contribution in [1.82, 2.24) is 0 Å². The topological polar surface area (TPSA) is 49.8 Å². The summed E-state index contributed by atoms with van der Waals surface area (Å²) in [6.07, 6.45) is 2.96. The molecule has 78 valence electrons. The molecule has 2 nitrogen and oxygen atoms in total. The van der Waals surface area contributed by atoms with Gasteiger partial charge in [0.15, 0.2) is 0 Å². The van der Waals surface area contributed by atoms with E-state index in [1.54, 1.807) is 0 Å². The average Bonchev–Trinajstić information content (AvgIpc) is 2.17. The second-order valence-electron chi connectivity index (χ2n) is 4.12. The summed E-state index contributed by atoms with van der Waals surface area (Å²) in [4.78, 5) is 0. The fourth-order valence-corrected chi connectivity index (χ4v) is 2.61. The Morgan fingerprint density at radius 1 is 1.40 bits per heavy atom. The Kier molecular flexibility index (Phi) is 2.81. The first-order chi connectivity index (χ1) is 7.19. The van der Waals surface area contributed by atoms with Gasteiger partial charge in [-0.25, -0.2) is 0 Å². The van der Waals surface area contributed by atoms with Crippen LogP contribution in [0.3, 0.4) is 0 Å². The van der Waals surface area contributed by atoms with E-state index < -0.39 is 0 Å². The summed E-state index contributed by atoms with van der Waals surface area (Å²) < 4.78 is 0.999. The molecular formula is C12H13BrN2. The Morgan fingerprint density at radius 3 is 2.53 bits per heavy atom. The first-order valence-corrected chi connectivity index (χ1v) is 5.90. The van der Waals surface area contributed by atoms with Gasteiger partial charge in [-0.2, -0.15) is 5.26 Å². The summed E-state index contributed by atoms with van der Waals surface area (Å²) >= 11 is 3.48. The Labute approximate surface area is 98.2 Å². The number of benzene rings is 1. The molecule has 0 heterocycles. The van der Waals surface area contributed by atoms with Gasteiger partial charge in [0.05, 0.1) is 11.5 Å². The predicted octanol–water partition coefficient (Wildman–Crippen LogP) is 3.14. The molecule has 15 heavy (non-hydrogen) atoms. The third-order valence-corrected chi connectivity index (χ3v) is 4.03. The van der Waals surface area contributed by atoms with Gasteiger partial charge in [-0.1, -0.05) is 40.5 Å². The summed E-state index contributed by atoms with van der Waals surface area (Å²) in [5.74, 6) is 0. The molecule has 0 aliphatic heterocycles. The maximum absolute atomic E-state index is 9.21. The maximum atomic E-state index is 9.21. The summed E-state index contributed by atoms with van der Waals surface area (Å²) in [5, 5.41) is 9.21. The van der Waals surface area contributed by atoms with Gasteiger partial charge in [0.1, 0.15) is 0 Å². The zero-order chi connectivity index (χ0) is 10.9. The molecule has 0 radical (unpaired) electrons. The van der Waals surface area contributed by atoms with Crippen molar-refractivity contribution in [2.24, 2.45) is 11.1 Å². The fraction of sp³-hybridized carbons (Fsp3) is 0.417. The lowest BCUT2D eigenvalue weighted by Gasteiger charge is -2.40. The number of rotatable bonds is 2. The van der Waals surface area contributed by atoms with Crippen LogP contribution in [0.1, 0.15) is 30.9 Å². The molecule has 3 heteroatoms. The van der Waals surface area contributed by atoms with Gasteiger partial charge < -0.3 is 5.73 Å². The van der Waals surface area contributed by atoms with Crippen molar-refractivity contribution in [2.75, 3.05) is 0 Å². The second-order valence-corrected chi connectivity index (χ2v) is 4.98. The normalized spacial score (nSPS) is 20.1. The lowest BCUT2D eigenvalue weighted by Crippen LogP contribution is -2.39. The molecule has 1 aromatic carbocycles. The lowest BCUT2D eigenvalue weighted by atomic mass is 9.64. The molecule has 0 spiro atoms. The van der Waals surface area contributed by atoms with E-state index in [2.05, 4.69) is 22.0 Å². The van der Waals surface area contributed by atoms with Gasteiger partial charge in [0, 0.05) is 10.5 Å². The molecule has 2 N–H and O–H groups in total. The summed E-state index contributed by atoms with van der Waals surface area (Å²) in [5.41, 5.74) is 6.91. The quantitative estimate of drug-likeness (QED) is 0.892. The number of halogens is 1. The van der Waals surface area contributed by atoms with E-state index in [-0.39, 0.29) is 11.5 Å². The maximum Gasteiger partial charge on any atom is 0.0766 e. The highest BCUT2D eigenvalue weighted by Crippen LogP contribution is 2.49. The van der Waals surface area contributed by atoms with E-state index >= 15 is 0 Å². The fourth-order valence-electron chi connectivity index (χ4n) is 2.08. The minimum Gasteiger partial charge on any atom is -0.323 e. The molecular weight excluding hydrogens is 252 g/mol. The van der Waals surface area contributed by atoms with Gasteiger partial charge in [-0.3, -0.25) is 0 Å². The van der Waals surface area contributed by atoms with Crippen molar-refractivity contribution in [1.29, 1.82) is 5.26 Å². The Hall–Kier alpha value is -0.850. The van der Waals surface area contributed by atoms with Crippen LogP contribution < -0.4 is 5.73 Å². The predicted molar refractivity (Wildman–Crippen MR) is 63.0 cm³/mol. The summed E-state index contributed by atoms with van der Waals surface area (Å²) in [7, 11) is 0. The van der Waals surface area contributed by atoms with E-state index in [9.17, 15) is 5.26 Å². The van der Waals surface area contributed by atoms with Gasteiger partial charge in [0.25, 0.3) is 0 Å². The minimum atomic E-state index is -0.329. The molecule has 2 rings (SSSR count). The third kappa shape index (κ3) is 1.68. The molecule has 0 amide bonds. The van der Waals surface area contributed by atoms with Crippen molar-refractivity contribution in [3.05, 3.63) is 34.3 Å². The highest BCUT2D eigenvalue weighted by molar-refractivity contribution is 9.10. The second kappa shape index (κ2) is 3.96. The van der Waals surface area contributed by atoms with E-state index in [1.807, 2.05) is 24.3 Å². The van der Waals surface area contributed by atoms with Gasteiger partial charge in [0.2, 0.25) is 0 Å². The SMILES string of the molecule is N#CC1(C(N)c2ccccc2Br)CCC1. The molecule has 0 bridgehead atoms. The number of hydrogen-bond acceptors (Lipinski definition) is 2. The number of nitrogens with two attached hydrogens (primary N) is 1. The molecule has 1 aromatic rings. The number of hydrogen-bond donors (Lipinski definition) is 1. The van der Waals surface area contributed by atoms with Crippen molar-refractivity contribution < 1.29 is 0 Å².